The second-order valence-corrected chi connectivity index (χ2v) is 12.3. The van der Waals surface area contributed by atoms with E-state index >= 15 is 0 Å². The van der Waals surface area contributed by atoms with Crippen LogP contribution in [0.15, 0.2) is 78.0 Å². The fourth-order valence-electron chi connectivity index (χ4n) is 4.41. The van der Waals surface area contributed by atoms with E-state index in [-0.39, 0.29) is 29.6 Å². The van der Waals surface area contributed by atoms with Gasteiger partial charge in [-0.1, -0.05) is 50.2 Å². The van der Waals surface area contributed by atoms with Crippen LogP contribution in [0.5, 0.6) is 5.75 Å². The van der Waals surface area contributed by atoms with Crippen molar-refractivity contribution in [2.24, 2.45) is 4.99 Å². The Hall–Kier alpha value is -3.85. The van der Waals surface area contributed by atoms with Crippen molar-refractivity contribution in [2.75, 3.05) is 31.6 Å². The molecule has 9 heteroatoms. The summed E-state index contributed by atoms with van der Waals surface area (Å²) in [4.78, 5) is 23.5. The Morgan fingerprint density at radius 3 is 2.26 bits per heavy atom. The molecule has 0 saturated heterocycles. The molecule has 1 aliphatic heterocycles. The SMILES string of the molecule is CC(C)c1ccc(COc2ccc(C(C(=N)c3ccncc3)C3=NCCN(CCS(C)(=O)=O)C3=O)cc2)cc1. The number of hydrogen-bond donors (Lipinski definition) is 1. The summed E-state index contributed by atoms with van der Waals surface area (Å²) in [6, 6.07) is 19.2. The van der Waals surface area contributed by atoms with Crippen molar-refractivity contribution < 1.29 is 17.9 Å². The van der Waals surface area contributed by atoms with Crippen molar-refractivity contribution >= 4 is 27.2 Å². The van der Waals surface area contributed by atoms with Gasteiger partial charge in [-0.3, -0.25) is 14.8 Å². The van der Waals surface area contributed by atoms with Gasteiger partial charge in [0.2, 0.25) is 0 Å². The first-order chi connectivity index (χ1) is 18.6. The smallest absolute Gasteiger partial charge is 0.268 e. The number of nitrogens with zero attached hydrogens (tertiary/aromatic N) is 3. The number of sulfone groups is 1. The summed E-state index contributed by atoms with van der Waals surface area (Å²) in [5.41, 5.74) is 4.15. The molecule has 0 aliphatic carbocycles. The summed E-state index contributed by atoms with van der Waals surface area (Å²) in [5.74, 6) is -0.0474. The molecule has 4 rings (SSSR count). The first-order valence-electron chi connectivity index (χ1n) is 12.9. The third-order valence-electron chi connectivity index (χ3n) is 6.71. The Bertz CT molecular complexity index is 1430. The Balaban J connectivity index is 1.56. The molecule has 3 aromatic rings. The quantitative estimate of drug-likeness (QED) is 0.361. The number of aliphatic imine (C=N–C) groups is 1. The first-order valence-corrected chi connectivity index (χ1v) is 15.0. The highest BCUT2D eigenvalue weighted by atomic mass is 32.2. The zero-order valence-electron chi connectivity index (χ0n) is 22.5. The van der Waals surface area contributed by atoms with Gasteiger partial charge in [-0.2, -0.15) is 0 Å². The van der Waals surface area contributed by atoms with Crippen molar-refractivity contribution in [3.63, 3.8) is 0 Å². The summed E-state index contributed by atoms with van der Waals surface area (Å²) in [7, 11) is -3.23. The molecule has 1 aromatic heterocycles. The molecule has 204 valence electrons. The van der Waals surface area contributed by atoms with E-state index in [4.69, 9.17) is 10.1 Å². The Kier molecular flexibility index (Phi) is 8.91. The predicted octanol–water partition coefficient (Wildman–Crippen LogP) is 4.26. The number of benzene rings is 2. The molecule has 8 nitrogen and oxygen atoms in total. The molecule has 2 aromatic carbocycles. The van der Waals surface area contributed by atoms with Crippen molar-refractivity contribution in [1.82, 2.24) is 9.88 Å². The number of nitrogens with one attached hydrogen (secondary N) is 1. The van der Waals surface area contributed by atoms with Gasteiger partial charge in [0.05, 0.1) is 23.9 Å². The Morgan fingerprint density at radius 1 is 1.00 bits per heavy atom. The van der Waals surface area contributed by atoms with E-state index in [1.54, 1.807) is 24.5 Å². The van der Waals surface area contributed by atoms with Crippen LogP contribution in [0.2, 0.25) is 0 Å². The van der Waals surface area contributed by atoms with Crippen LogP contribution in [0.25, 0.3) is 0 Å². The Labute approximate surface area is 230 Å². The van der Waals surface area contributed by atoms with Crippen molar-refractivity contribution in [1.29, 1.82) is 5.41 Å². The molecule has 0 fully saturated rings. The summed E-state index contributed by atoms with van der Waals surface area (Å²) in [6.07, 6.45) is 4.37. The molecule has 1 amide bonds. The number of amides is 1. The molecule has 0 bridgehead atoms. The van der Waals surface area contributed by atoms with Crippen LogP contribution in [0.1, 0.15) is 47.9 Å². The number of pyridine rings is 1. The van der Waals surface area contributed by atoms with Crippen molar-refractivity contribution in [3.05, 3.63) is 95.3 Å². The molecule has 0 saturated carbocycles. The van der Waals surface area contributed by atoms with Gasteiger partial charge in [-0.15, -0.1) is 0 Å². The normalized spacial score (nSPS) is 14.7. The van der Waals surface area contributed by atoms with Crippen LogP contribution in [0.4, 0.5) is 0 Å². The van der Waals surface area contributed by atoms with Gasteiger partial charge >= 0.3 is 0 Å². The zero-order valence-corrected chi connectivity index (χ0v) is 23.3. The third kappa shape index (κ3) is 7.38. The molecular formula is C30H34N4O4S. The molecule has 1 N–H and O–H groups in total. The number of hydrogen-bond acceptors (Lipinski definition) is 7. The van der Waals surface area contributed by atoms with Crippen molar-refractivity contribution in [3.8, 4) is 5.75 Å². The molecular weight excluding hydrogens is 512 g/mol. The molecule has 0 radical (unpaired) electrons. The van der Waals surface area contributed by atoms with E-state index in [9.17, 15) is 13.2 Å². The lowest BCUT2D eigenvalue weighted by atomic mass is 9.85. The number of ether oxygens (including phenoxy) is 1. The van der Waals surface area contributed by atoms with E-state index < -0.39 is 15.8 Å². The van der Waals surface area contributed by atoms with Gasteiger partial charge in [0.1, 0.15) is 27.9 Å². The minimum Gasteiger partial charge on any atom is -0.489 e. The van der Waals surface area contributed by atoms with E-state index in [1.165, 1.54) is 10.5 Å². The van der Waals surface area contributed by atoms with Crippen LogP contribution in [0, 0.1) is 5.41 Å². The van der Waals surface area contributed by atoms with Crippen molar-refractivity contribution in [2.45, 2.75) is 32.3 Å². The van der Waals surface area contributed by atoms with Crippen LogP contribution in [-0.4, -0.2) is 67.3 Å². The molecule has 0 spiro atoms. The molecule has 1 unspecified atom stereocenters. The van der Waals surface area contributed by atoms with Gasteiger partial charge < -0.3 is 15.0 Å². The average molecular weight is 547 g/mol. The summed E-state index contributed by atoms with van der Waals surface area (Å²) >= 11 is 0. The van der Waals surface area contributed by atoms with Crippen LogP contribution in [0.3, 0.4) is 0 Å². The van der Waals surface area contributed by atoms with E-state index in [0.717, 1.165) is 17.4 Å². The van der Waals surface area contributed by atoms with Gasteiger partial charge in [-0.05, 0) is 52.4 Å². The lowest BCUT2D eigenvalue weighted by Crippen LogP contribution is -2.47. The fourth-order valence-corrected chi connectivity index (χ4v) is 4.96. The predicted molar refractivity (Wildman–Crippen MR) is 154 cm³/mol. The number of carbonyl (C=O) groups is 1. The largest absolute Gasteiger partial charge is 0.489 e. The number of rotatable bonds is 11. The minimum absolute atomic E-state index is 0.0942. The maximum Gasteiger partial charge on any atom is 0.268 e. The van der Waals surface area contributed by atoms with Gasteiger partial charge in [-0.25, -0.2) is 8.42 Å². The first kappa shape index (κ1) is 28.2. The molecule has 1 aliphatic rings. The molecule has 2 heterocycles. The Morgan fingerprint density at radius 2 is 1.64 bits per heavy atom. The maximum atomic E-state index is 13.5. The van der Waals surface area contributed by atoms with Crippen LogP contribution < -0.4 is 4.74 Å². The highest BCUT2D eigenvalue weighted by Crippen LogP contribution is 2.27. The average Bonchev–Trinajstić information content (AvgIpc) is 2.93. The number of aromatic nitrogens is 1. The second-order valence-electron chi connectivity index (χ2n) is 10.0. The topological polar surface area (TPSA) is 113 Å². The summed E-state index contributed by atoms with van der Waals surface area (Å²) in [6.45, 7) is 5.54. The minimum atomic E-state index is -3.23. The lowest BCUT2D eigenvalue weighted by Gasteiger charge is -2.30. The van der Waals surface area contributed by atoms with Gasteiger partial charge in [0.25, 0.3) is 5.91 Å². The molecule has 39 heavy (non-hydrogen) atoms. The lowest BCUT2D eigenvalue weighted by molar-refractivity contribution is -0.124. The number of carbonyl (C=O) groups excluding carboxylic acids is 1. The molecule has 1 atom stereocenters. The fraction of sp³-hybridized carbons (Fsp3) is 0.333. The van der Waals surface area contributed by atoms with Crippen LogP contribution >= 0.6 is 0 Å². The summed E-state index contributed by atoms with van der Waals surface area (Å²) in [5, 5.41) is 9.01. The zero-order chi connectivity index (χ0) is 28.0. The highest BCUT2D eigenvalue weighted by molar-refractivity contribution is 7.90. The second kappa shape index (κ2) is 12.3. The highest BCUT2D eigenvalue weighted by Gasteiger charge is 2.34. The monoisotopic (exact) mass is 546 g/mol. The maximum absolute atomic E-state index is 13.5. The third-order valence-corrected chi connectivity index (χ3v) is 7.63. The van der Waals surface area contributed by atoms with E-state index in [0.29, 0.717) is 36.9 Å². The van der Waals surface area contributed by atoms with E-state index in [2.05, 4.69) is 48.1 Å². The van der Waals surface area contributed by atoms with Crippen LogP contribution in [-0.2, 0) is 21.2 Å². The summed E-state index contributed by atoms with van der Waals surface area (Å²) < 4.78 is 29.4. The van der Waals surface area contributed by atoms with Gasteiger partial charge in [0.15, 0.2) is 0 Å². The van der Waals surface area contributed by atoms with E-state index in [1.807, 2.05) is 24.3 Å². The van der Waals surface area contributed by atoms with Gasteiger partial charge in [0, 0.05) is 31.7 Å². The standard InChI is InChI=1S/C30H34N4O4S/c1-21(2)23-6-4-22(5-7-23)20-38-26-10-8-24(9-11-26)27(28(31)25-12-14-32-15-13-25)29-30(35)34(17-16-33-29)18-19-39(3,36)37/h4-15,21,27,31H,16-20H2,1-3H3.